The Balaban J connectivity index is 1.71. The first-order valence-corrected chi connectivity index (χ1v) is 8.86. The zero-order chi connectivity index (χ0) is 19.4. The summed E-state index contributed by atoms with van der Waals surface area (Å²) in [5.74, 6) is 5.24. The Morgan fingerprint density at radius 1 is 1.30 bits per heavy atom. The van der Waals surface area contributed by atoms with Crippen LogP contribution in [-0.2, 0) is 0 Å². The molecule has 140 valence electrons. The van der Waals surface area contributed by atoms with Crippen molar-refractivity contribution < 1.29 is 9.90 Å². The van der Waals surface area contributed by atoms with Crippen molar-refractivity contribution in [2.24, 2.45) is 0 Å². The smallest absolute Gasteiger partial charge is 0.326 e. The number of rotatable bonds is 2. The lowest BCUT2D eigenvalue weighted by molar-refractivity contribution is 0.0451. The molecular weight excluding hydrogens is 370 g/mol. The minimum absolute atomic E-state index is 0.122. The summed E-state index contributed by atoms with van der Waals surface area (Å²) in [4.78, 5) is 39.2. The molecule has 1 amide bonds. The van der Waals surface area contributed by atoms with Gasteiger partial charge in [0.1, 0.15) is 11.3 Å². The van der Waals surface area contributed by atoms with Gasteiger partial charge in [-0.05, 0) is 37.5 Å². The Hall–Kier alpha value is -2.82. The summed E-state index contributed by atoms with van der Waals surface area (Å²) in [5, 5.41) is 14.1. The molecule has 1 aliphatic carbocycles. The molecule has 27 heavy (non-hydrogen) atoms. The second kappa shape index (κ2) is 7.82. The van der Waals surface area contributed by atoms with Gasteiger partial charge < -0.3 is 15.4 Å². The van der Waals surface area contributed by atoms with E-state index in [2.05, 4.69) is 22.1 Å². The van der Waals surface area contributed by atoms with E-state index in [1.807, 2.05) is 4.98 Å². The second-order valence-electron chi connectivity index (χ2n) is 6.56. The van der Waals surface area contributed by atoms with Crippen LogP contribution < -0.4 is 16.6 Å². The van der Waals surface area contributed by atoms with E-state index >= 15 is 0 Å². The minimum Gasteiger partial charge on any atom is -0.378 e. The van der Waals surface area contributed by atoms with Crippen molar-refractivity contribution in [2.75, 3.05) is 0 Å². The first-order valence-electron chi connectivity index (χ1n) is 8.49. The van der Waals surface area contributed by atoms with Crippen LogP contribution in [0.15, 0.2) is 39.9 Å². The molecule has 2 aromatic rings. The van der Waals surface area contributed by atoms with Gasteiger partial charge in [0.15, 0.2) is 0 Å². The number of benzene rings is 1. The maximum Gasteiger partial charge on any atom is 0.326 e. The van der Waals surface area contributed by atoms with E-state index in [1.54, 1.807) is 24.3 Å². The van der Waals surface area contributed by atoms with Gasteiger partial charge in [0.25, 0.3) is 11.5 Å². The van der Waals surface area contributed by atoms with Crippen molar-refractivity contribution in [1.29, 1.82) is 0 Å². The van der Waals surface area contributed by atoms with Gasteiger partial charge in [-0.2, -0.15) is 0 Å². The molecule has 1 fully saturated rings. The van der Waals surface area contributed by atoms with Gasteiger partial charge >= 0.3 is 5.69 Å². The molecule has 2 atom stereocenters. The van der Waals surface area contributed by atoms with Crippen LogP contribution in [0.25, 0.3) is 0 Å². The van der Waals surface area contributed by atoms with Gasteiger partial charge in [0, 0.05) is 29.1 Å². The molecule has 1 aromatic carbocycles. The number of H-pyrrole nitrogens is 2. The zero-order valence-corrected chi connectivity index (χ0v) is 15.1. The van der Waals surface area contributed by atoms with Crippen LogP contribution in [0.5, 0.6) is 0 Å². The highest BCUT2D eigenvalue weighted by Crippen LogP contribution is 2.28. The van der Waals surface area contributed by atoms with Gasteiger partial charge in [0.2, 0.25) is 0 Å². The normalized spacial score (nSPS) is 21.8. The molecule has 1 heterocycles. The first kappa shape index (κ1) is 19.0. The first-order chi connectivity index (χ1) is 12.8. The second-order valence-corrected chi connectivity index (χ2v) is 7.00. The molecule has 7 nitrogen and oxygen atoms in total. The van der Waals surface area contributed by atoms with Gasteiger partial charge in [-0.15, -0.1) is 0 Å². The highest BCUT2D eigenvalue weighted by molar-refractivity contribution is 6.30. The molecular formula is C19H18ClN3O4. The van der Waals surface area contributed by atoms with Crippen molar-refractivity contribution in [3.63, 3.8) is 0 Å². The third kappa shape index (κ3) is 5.09. The molecule has 0 saturated heterocycles. The topological polar surface area (TPSA) is 115 Å². The number of aliphatic hydroxyl groups is 1. The summed E-state index contributed by atoms with van der Waals surface area (Å²) in [5.41, 5.74) is -2.07. The molecule has 4 N–H and O–H groups in total. The average molecular weight is 388 g/mol. The standard InChI is InChI=1S/C19H18ClN3O4/c20-13-4-1-3-12(9-13)6-8-19(27)7-2-5-14(11-19)21-17(25)15-10-16(24)23-18(26)22-15/h1,3-4,9-10,14,27H,2,5,7,11H2,(H,21,25)(H2,22,23,24,26)/t14-,19?/m0/s1. The molecule has 1 aromatic heterocycles. The van der Waals surface area contributed by atoms with Crippen molar-refractivity contribution in [3.05, 3.63) is 67.4 Å². The van der Waals surface area contributed by atoms with Crippen LogP contribution >= 0.6 is 11.6 Å². The molecule has 8 heteroatoms. The Morgan fingerprint density at radius 2 is 2.11 bits per heavy atom. The molecule has 0 radical (unpaired) electrons. The van der Waals surface area contributed by atoms with E-state index in [-0.39, 0.29) is 18.2 Å². The van der Waals surface area contributed by atoms with Gasteiger partial charge in [0.05, 0.1) is 0 Å². The fourth-order valence-corrected chi connectivity index (χ4v) is 3.29. The van der Waals surface area contributed by atoms with Crippen LogP contribution in [0.4, 0.5) is 0 Å². The summed E-state index contributed by atoms with van der Waals surface area (Å²) in [7, 11) is 0. The summed E-state index contributed by atoms with van der Waals surface area (Å²) < 4.78 is 0. The van der Waals surface area contributed by atoms with E-state index in [0.717, 1.165) is 6.07 Å². The van der Waals surface area contributed by atoms with E-state index in [9.17, 15) is 19.5 Å². The van der Waals surface area contributed by atoms with E-state index in [1.165, 1.54) is 0 Å². The quantitative estimate of drug-likeness (QED) is 0.579. The Bertz CT molecular complexity index is 1000. The SMILES string of the molecule is O=C(N[C@H]1CCCC(O)(C#Cc2cccc(Cl)c2)C1)c1cc(=O)[nH]c(=O)[nH]1. The summed E-state index contributed by atoms with van der Waals surface area (Å²) >= 11 is 5.93. The predicted molar refractivity (Wildman–Crippen MR) is 101 cm³/mol. The number of aromatic amines is 2. The molecule has 1 unspecified atom stereocenters. The lowest BCUT2D eigenvalue weighted by atomic mass is 9.82. The number of halogens is 1. The number of amides is 1. The van der Waals surface area contributed by atoms with Crippen LogP contribution in [0.2, 0.25) is 5.02 Å². The van der Waals surface area contributed by atoms with E-state index in [4.69, 9.17) is 11.6 Å². The van der Waals surface area contributed by atoms with Crippen LogP contribution in [0.1, 0.15) is 41.7 Å². The van der Waals surface area contributed by atoms with Gasteiger partial charge in [-0.1, -0.05) is 29.5 Å². The zero-order valence-electron chi connectivity index (χ0n) is 14.3. The van der Waals surface area contributed by atoms with Crippen LogP contribution in [-0.4, -0.2) is 32.6 Å². The highest BCUT2D eigenvalue weighted by Gasteiger charge is 2.33. The molecule has 1 saturated carbocycles. The number of aromatic nitrogens is 2. The largest absolute Gasteiger partial charge is 0.378 e. The van der Waals surface area contributed by atoms with Crippen LogP contribution in [0, 0.1) is 11.8 Å². The number of carbonyl (C=O) groups is 1. The molecule has 3 rings (SSSR count). The van der Waals surface area contributed by atoms with Crippen molar-refractivity contribution in [3.8, 4) is 11.8 Å². The van der Waals surface area contributed by atoms with Gasteiger partial charge in [-0.3, -0.25) is 14.6 Å². The number of hydrogen-bond acceptors (Lipinski definition) is 4. The number of carbonyl (C=O) groups excluding carboxylic acids is 1. The predicted octanol–water partition coefficient (Wildman–Crippen LogP) is 1.17. The van der Waals surface area contributed by atoms with Crippen LogP contribution in [0.3, 0.4) is 0 Å². The fourth-order valence-electron chi connectivity index (χ4n) is 3.10. The summed E-state index contributed by atoms with van der Waals surface area (Å²) in [6, 6.07) is 7.73. The Morgan fingerprint density at radius 3 is 2.85 bits per heavy atom. The average Bonchev–Trinajstić information content (AvgIpc) is 2.59. The fraction of sp³-hybridized carbons (Fsp3) is 0.316. The summed E-state index contributed by atoms with van der Waals surface area (Å²) in [6.45, 7) is 0. The molecule has 0 bridgehead atoms. The van der Waals surface area contributed by atoms with E-state index < -0.39 is 22.8 Å². The number of hydrogen-bond donors (Lipinski definition) is 4. The molecule has 0 spiro atoms. The highest BCUT2D eigenvalue weighted by atomic mass is 35.5. The lowest BCUT2D eigenvalue weighted by Crippen LogP contribution is -2.45. The summed E-state index contributed by atoms with van der Waals surface area (Å²) in [6.07, 6.45) is 2.09. The Kier molecular flexibility index (Phi) is 5.49. The number of nitrogens with one attached hydrogen (secondary N) is 3. The maximum atomic E-state index is 12.3. The van der Waals surface area contributed by atoms with E-state index in [0.29, 0.717) is 29.8 Å². The molecule has 1 aliphatic rings. The minimum atomic E-state index is -1.24. The van der Waals surface area contributed by atoms with Crippen molar-refractivity contribution >= 4 is 17.5 Å². The third-order valence-corrected chi connectivity index (χ3v) is 4.57. The van der Waals surface area contributed by atoms with Gasteiger partial charge in [-0.25, -0.2) is 4.79 Å². The van der Waals surface area contributed by atoms with Crippen molar-refractivity contribution in [2.45, 2.75) is 37.3 Å². The lowest BCUT2D eigenvalue weighted by Gasteiger charge is -2.33. The third-order valence-electron chi connectivity index (χ3n) is 4.33. The Labute approximate surface area is 159 Å². The van der Waals surface area contributed by atoms with Crippen molar-refractivity contribution in [1.82, 2.24) is 15.3 Å². The molecule has 0 aliphatic heterocycles. The maximum absolute atomic E-state index is 12.3. The monoisotopic (exact) mass is 387 g/mol.